The van der Waals surface area contributed by atoms with E-state index in [4.69, 9.17) is 4.84 Å². The molecule has 186 valence electrons. The van der Waals surface area contributed by atoms with Gasteiger partial charge in [0.25, 0.3) is 5.91 Å². The minimum absolute atomic E-state index is 0.285. The predicted molar refractivity (Wildman–Crippen MR) is 141 cm³/mol. The molecule has 1 unspecified atom stereocenters. The van der Waals surface area contributed by atoms with Crippen LogP contribution in [-0.4, -0.2) is 21.6 Å². The van der Waals surface area contributed by atoms with Crippen LogP contribution in [-0.2, 0) is 4.84 Å². The lowest BCUT2D eigenvalue weighted by Crippen LogP contribution is -2.27. The number of halogens is 1. The third kappa shape index (κ3) is 5.40. The molecular weight excluding hydrogens is 467 g/mol. The Morgan fingerprint density at radius 1 is 0.973 bits per heavy atom. The van der Waals surface area contributed by atoms with Crippen LogP contribution in [0.4, 0.5) is 4.39 Å². The van der Waals surface area contributed by atoms with Gasteiger partial charge in [0.15, 0.2) is 6.10 Å². The molecule has 37 heavy (non-hydrogen) atoms. The van der Waals surface area contributed by atoms with Crippen molar-refractivity contribution in [3.05, 3.63) is 119 Å². The molecule has 0 bridgehead atoms. The minimum Gasteiger partial charge on any atom is -0.385 e. The van der Waals surface area contributed by atoms with Gasteiger partial charge in [-0.15, -0.1) is 0 Å². The van der Waals surface area contributed by atoms with Gasteiger partial charge < -0.3 is 10.2 Å². The molecule has 1 aliphatic heterocycles. The molecule has 0 radical (unpaired) electrons. The number of oxime groups is 1. The molecule has 0 spiro atoms. The van der Waals surface area contributed by atoms with Crippen LogP contribution in [0, 0.1) is 19.7 Å². The Hall–Kier alpha value is -4.39. The summed E-state index contributed by atoms with van der Waals surface area (Å²) in [5.74, 6) is -0.635. The number of hydrogen-bond acceptors (Lipinski definition) is 5. The molecule has 6 nitrogen and oxygen atoms in total. The first kappa shape index (κ1) is 24.3. The number of pyridine rings is 2. The van der Waals surface area contributed by atoms with Crippen LogP contribution in [0.2, 0.25) is 0 Å². The maximum atomic E-state index is 15.0. The molecule has 1 amide bonds. The number of nitrogens with one attached hydrogen (secondary N) is 1. The van der Waals surface area contributed by atoms with Gasteiger partial charge in [0.05, 0.1) is 23.1 Å². The zero-order chi connectivity index (χ0) is 25.9. The smallest absolute Gasteiger partial charge is 0.251 e. The molecule has 2 atom stereocenters. The maximum Gasteiger partial charge on any atom is 0.251 e. The zero-order valence-corrected chi connectivity index (χ0v) is 20.9. The van der Waals surface area contributed by atoms with Gasteiger partial charge in [-0.2, -0.15) is 0 Å². The molecule has 2 aromatic carbocycles. The monoisotopic (exact) mass is 494 g/mol. The van der Waals surface area contributed by atoms with E-state index in [0.717, 1.165) is 22.5 Å². The summed E-state index contributed by atoms with van der Waals surface area (Å²) in [7, 11) is 0. The lowest BCUT2D eigenvalue weighted by atomic mass is 9.94. The van der Waals surface area contributed by atoms with Gasteiger partial charge in [0, 0.05) is 35.5 Å². The van der Waals surface area contributed by atoms with Gasteiger partial charge in [-0.3, -0.25) is 14.8 Å². The van der Waals surface area contributed by atoms with E-state index in [1.165, 1.54) is 6.07 Å². The topological polar surface area (TPSA) is 76.5 Å². The van der Waals surface area contributed by atoms with E-state index in [1.807, 2.05) is 63.2 Å². The molecule has 2 aromatic heterocycles. The van der Waals surface area contributed by atoms with Crippen molar-refractivity contribution in [3.63, 3.8) is 0 Å². The highest BCUT2D eigenvalue weighted by molar-refractivity contribution is 6.05. The van der Waals surface area contributed by atoms with Gasteiger partial charge >= 0.3 is 0 Å². The van der Waals surface area contributed by atoms with Gasteiger partial charge in [-0.1, -0.05) is 23.4 Å². The molecule has 5 rings (SSSR count). The van der Waals surface area contributed by atoms with Crippen molar-refractivity contribution in [3.8, 4) is 11.1 Å². The van der Waals surface area contributed by atoms with Crippen molar-refractivity contribution in [2.45, 2.75) is 39.3 Å². The highest BCUT2D eigenvalue weighted by Gasteiger charge is 2.26. The summed E-state index contributed by atoms with van der Waals surface area (Å²) in [5.41, 5.74) is 6.20. The van der Waals surface area contributed by atoms with Gasteiger partial charge in [0.2, 0.25) is 0 Å². The molecule has 3 heterocycles. The summed E-state index contributed by atoms with van der Waals surface area (Å²) in [6.45, 7) is 5.70. The van der Waals surface area contributed by atoms with Crippen LogP contribution in [0.3, 0.4) is 0 Å². The van der Waals surface area contributed by atoms with E-state index < -0.39 is 0 Å². The first-order valence-electron chi connectivity index (χ1n) is 12.2. The SMILES string of the molecule is Cc1ccnc([C@@H](C)NC(=O)c2cc(C3=NOC(c4ccccn4)C3)cc(-c3ccc(C)cc3F)c2)c1. The number of rotatable bonds is 6. The fourth-order valence-corrected chi connectivity index (χ4v) is 4.36. The van der Waals surface area contributed by atoms with Crippen LogP contribution in [0.1, 0.15) is 63.9 Å². The standard InChI is InChI=1S/C30H27FN4O2/c1-18-7-8-24(25(31)12-18)21-14-22(28-17-29(37-35-28)26-6-4-5-10-32-26)16-23(15-21)30(36)34-20(3)27-13-19(2)9-11-33-27/h4-16,20,29H,17H2,1-3H3,(H,34,36)/t20-,29?/m1/s1. The Bertz CT molecular complexity index is 1490. The number of aryl methyl sites for hydroxylation is 2. The van der Waals surface area contributed by atoms with Crippen molar-refractivity contribution in [1.29, 1.82) is 0 Å². The molecule has 0 aliphatic carbocycles. The second-order valence-electron chi connectivity index (χ2n) is 9.33. The maximum absolute atomic E-state index is 15.0. The first-order valence-corrected chi connectivity index (χ1v) is 12.2. The normalized spacial score (nSPS) is 15.6. The van der Waals surface area contributed by atoms with Crippen LogP contribution in [0.15, 0.2) is 84.3 Å². The Kier molecular flexibility index (Phi) is 6.77. The van der Waals surface area contributed by atoms with Crippen LogP contribution >= 0.6 is 0 Å². The summed E-state index contributed by atoms with van der Waals surface area (Å²) in [5, 5.41) is 7.31. The van der Waals surface area contributed by atoms with Crippen molar-refractivity contribution in [1.82, 2.24) is 15.3 Å². The molecular formula is C30H27FN4O2. The first-order chi connectivity index (χ1) is 17.9. The van der Waals surface area contributed by atoms with Gasteiger partial charge in [-0.05, 0) is 86.0 Å². The van der Waals surface area contributed by atoms with Crippen molar-refractivity contribution in [2.75, 3.05) is 0 Å². The number of hydrogen-bond donors (Lipinski definition) is 1. The average molecular weight is 495 g/mol. The van der Waals surface area contributed by atoms with Crippen LogP contribution < -0.4 is 5.32 Å². The fourth-order valence-electron chi connectivity index (χ4n) is 4.36. The number of nitrogens with zero attached hydrogens (tertiary/aromatic N) is 3. The van der Waals surface area contributed by atoms with E-state index in [-0.39, 0.29) is 23.9 Å². The summed E-state index contributed by atoms with van der Waals surface area (Å²) in [4.78, 5) is 27.8. The summed E-state index contributed by atoms with van der Waals surface area (Å²) in [6.07, 6.45) is 3.61. The number of amides is 1. The van der Waals surface area contributed by atoms with Crippen molar-refractivity contribution in [2.24, 2.45) is 5.16 Å². The molecule has 0 fully saturated rings. The van der Waals surface area contributed by atoms with Crippen molar-refractivity contribution < 1.29 is 14.0 Å². The number of benzene rings is 2. The Balaban J connectivity index is 1.49. The van der Waals surface area contributed by atoms with Crippen molar-refractivity contribution >= 4 is 11.6 Å². The number of carbonyl (C=O) groups excluding carboxylic acids is 1. The highest BCUT2D eigenvalue weighted by atomic mass is 19.1. The largest absolute Gasteiger partial charge is 0.385 e. The average Bonchev–Trinajstić information content (AvgIpc) is 3.39. The summed E-state index contributed by atoms with van der Waals surface area (Å²) >= 11 is 0. The number of carbonyl (C=O) groups is 1. The Morgan fingerprint density at radius 3 is 2.54 bits per heavy atom. The third-order valence-corrected chi connectivity index (χ3v) is 6.38. The Morgan fingerprint density at radius 2 is 1.78 bits per heavy atom. The van der Waals surface area contributed by atoms with Crippen LogP contribution in [0.5, 0.6) is 0 Å². The second-order valence-corrected chi connectivity index (χ2v) is 9.33. The van der Waals surface area contributed by atoms with E-state index in [2.05, 4.69) is 20.4 Å². The van der Waals surface area contributed by atoms with E-state index in [0.29, 0.717) is 34.4 Å². The van der Waals surface area contributed by atoms with Gasteiger partial charge in [0.1, 0.15) is 5.82 Å². The number of aromatic nitrogens is 2. The van der Waals surface area contributed by atoms with E-state index >= 15 is 0 Å². The Labute approximate surface area is 215 Å². The summed E-state index contributed by atoms with van der Waals surface area (Å²) in [6, 6.07) is 19.6. The van der Waals surface area contributed by atoms with Gasteiger partial charge in [-0.25, -0.2) is 4.39 Å². The molecule has 1 aliphatic rings. The van der Waals surface area contributed by atoms with E-state index in [1.54, 1.807) is 30.6 Å². The lowest BCUT2D eigenvalue weighted by Gasteiger charge is -2.16. The molecule has 7 heteroatoms. The minimum atomic E-state index is -0.350. The fraction of sp³-hybridized carbons (Fsp3) is 0.200. The molecule has 4 aromatic rings. The molecule has 1 N–H and O–H groups in total. The van der Waals surface area contributed by atoms with E-state index in [9.17, 15) is 9.18 Å². The third-order valence-electron chi connectivity index (χ3n) is 6.38. The molecule has 0 saturated heterocycles. The second kappa shape index (κ2) is 10.3. The zero-order valence-electron chi connectivity index (χ0n) is 20.9. The highest BCUT2D eigenvalue weighted by Crippen LogP contribution is 2.32. The molecule has 0 saturated carbocycles. The van der Waals surface area contributed by atoms with Crippen LogP contribution in [0.25, 0.3) is 11.1 Å². The summed E-state index contributed by atoms with van der Waals surface area (Å²) < 4.78 is 15.0. The quantitative estimate of drug-likeness (QED) is 0.343. The predicted octanol–water partition coefficient (Wildman–Crippen LogP) is 6.26. The lowest BCUT2D eigenvalue weighted by molar-refractivity contribution is 0.0826.